The second-order valence-corrected chi connectivity index (χ2v) is 7.24. The molecule has 1 amide bonds. The lowest BCUT2D eigenvalue weighted by atomic mass is 10.0. The van der Waals surface area contributed by atoms with Crippen LogP contribution in [0.5, 0.6) is 5.75 Å². The molecule has 0 aliphatic carbocycles. The van der Waals surface area contributed by atoms with Gasteiger partial charge in [-0.1, -0.05) is 12.1 Å². The molecule has 0 spiro atoms. The summed E-state index contributed by atoms with van der Waals surface area (Å²) in [6.45, 7) is 2.11. The standard InChI is InChI=1S/C20H15FN4O2S/c1-11-23-8-14(9-24-11)27-10-15-6-17-19(28-15)16(7-18(25-17)20(22)26)12-2-4-13(21)5-3-12/h2-9H,10H2,1H3,(H2,22,26). The highest BCUT2D eigenvalue weighted by atomic mass is 32.1. The molecule has 28 heavy (non-hydrogen) atoms. The summed E-state index contributed by atoms with van der Waals surface area (Å²) < 4.78 is 19.9. The number of ether oxygens (including phenoxy) is 1. The van der Waals surface area contributed by atoms with Crippen molar-refractivity contribution in [2.75, 3.05) is 0 Å². The van der Waals surface area contributed by atoms with Gasteiger partial charge in [-0.3, -0.25) is 4.79 Å². The summed E-state index contributed by atoms with van der Waals surface area (Å²) in [5.41, 5.74) is 7.78. The number of primary amides is 1. The molecule has 8 heteroatoms. The SMILES string of the molecule is Cc1ncc(OCc2cc3nc(C(N)=O)cc(-c4ccc(F)cc4)c3s2)cn1. The molecule has 0 saturated carbocycles. The molecule has 2 N–H and O–H groups in total. The fourth-order valence-electron chi connectivity index (χ4n) is 2.72. The van der Waals surface area contributed by atoms with Gasteiger partial charge in [0.1, 0.15) is 23.9 Å². The first-order valence-electron chi connectivity index (χ1n) is 8.40. The molecule has 0 atom stereocenters. The molecule has 0 aliphatic heterocycles. The van der Waals surface area contributed by atoms with E-state index < -0.39 is 5.91 Å². The number of pyridine rings is 1. The van der Waals surface area contributed by atoms with Crippen LogP contribution in [0.3, 0.4) is 0 Å². The second-order valence-electron chi connectivity index (χ2n) is 6.11. The molecule has 1 aromatic carbocycles. The maximum atomic E-state index is 13.3. The first kappa shape index (κ1) is 18.0. The maximum absolute atomic E-state index is 13.3. The number of hydrogen-bond acceptors (Lipinski definition) is 6. The fourth-order valence-corrected chi connectivity index (χ4v) is 3.77. The van der Waals surface area contributed by atoms with Crippen LogP contribution in [0.15, 0.2) is 48.8 Å². The Morgan fingerprint density at radius 1 is 1.18 bits per heavy atom. The topological polar surface area (TPSA) is 91.0 Å². The first-order chi connectivity index (χ1) is 13.5. The number of hydrogen-bond donors (Lipinski definition) is 1. The normalized spacial score (nSPS) is 10.9. The Morgan fingerprint density at radius 2 is 1.89 bits per heavy atom. The molecule has 0 fully saturated rings. The van der Waals surface area contributed by atoms with Gasteiger partial charge in [-0.05, 0) is 36.8 Å². The summed E-state index contributed by atoms with van der Waals surface area (Å²) in [6.07, 6.45) is 3.23. The molecule has 0 unspecified atom stereocenters. The monoisotopic (exact) mass is 394 g/mol. The number of amides is 1. The van der Waals surface area contributed by atoms with E-state index >= 15 is 0 Å². The van der Waals surface area contributed by atoms with Crippen molar-refractivity contribution < 1.29 is 13.9 Å². The number of carbonyl (C=O) groups excluding carboxylic acids is 1. The Labute approximate surface area is 163 Å². The zero-order valence-electron chi connectivity index (χ0n) is 14.8. The summed E-state index contributed by atoms with van der Waals surface area (Å²) in [5.74, 6) is 0.282. The minimum absolute atomic E-state index is 0.157. The first-order valence-corrected chi connectivity index (χ1v) is 9.22. The van der Waals surface area contributed by atoms with Gasteiger partial charge >= 0.3 is 0 Å². The van der Waals surface area contributed by atoms with E-state index in [0.717, 1.165) is 20.7 Å². The van der Waals surface area contributed by atoms with Crippen LogP contribution in [0.1, 0.15) is 21.2 Å². The number of carbonyl (C=O) groups is 1. The van der Waals surface area contributed by atoms with Crippen molar-refractivity contribution in [3.8, 4) is 16.9 Å². The van der Waals surface area contributed by atoms with Gasteiger partial charge in [-0.25, -0.2) is 19.3 Å². The van der Waals surface area contributed by atoms with Crippen molar-refractivity contribution in [3.05, 3.63) is 71.0 Å². The molecular weight excluding hydrogens is 379 g/mol. The van der Waals surface area contributed by atoms with Crippen LogP contribution in [-0.4, -0.2) is 20.9 Å². The van der Waals surface area contributed by atoms with Crippen LogP contribution in [0.4, 0.5) is 4.39 Å². The van der Waals surface area contributed by atoms with Gasteiger partial charge in [0.25, 0.3) is 5.91 Å². The Bertz CT molecular complexity index is 1160. The van der Waals surface area contributed by atoms with Crippen LogP contribution in [0.25, 0.3) is 21.3 Å². The summed E-state index contributed by atoms with van der Waals surface area (Å²) >= 11 is 1.49. The summed E-state index contributed by atoms with van der Waals surface area (Å²) in [6, 6.07) is 9.56. The van der Waals surface area contributed by atoms with Crippen LogP contribution in [-0.2, 0) is 6.61 Å². The molecule has 0 saturated heterocycles. The molecule has 0 bridgehead atoms. The number of nitrogens with two attached hydrogens (primary N) is 1. The number of halogens is 1. The average molecular weight is 394 g/mol. The third kappa shape index (κ3) is 3.67. The van der Waals surface area contributed by atoms with Gasteiger partial charge in [0, 0.05) is 10.4 Å². The van der Waals surface area contributed by atoms with Crippen LogP contribution in [0, 0.1) is 12.7 Å². The number of fused-ring (bicyclic) bond motifs is 1. The van der Waals surface area contributed by atoms with E-state index in [1.165, 1.54) is 23.5 Å². The van der Waals surface area contributed by atoms with Crippen molar-refractivity contribution in [1.82, 2.24) is 15.0 Å². The van der Waals surface area contributed by atoms with E-state index in [0.29, 0.717) is 23.7 Å². The molecule has 0 aliphatic rings. The van der Waals surface area contributed by atoms with E-state index in [9.17, 15) is 9.18 Å². The maximum Gasteiger partial charge on any atom is 0.267 e. The van der Waals surface area contributed by atoms with Crippen molar-refractivity contribution in [1.29, 1.82) is 0 Å². The Morgan fingerprint density at radius 3 is 2.57 bits per heavy atom. The third-order valence-electron chi connectivity index (χ3n) is 4.08. The number of thiophene rings is 1. The fraction of sp³-hybridized carbons (Fsp3) is 0.100. The second kappa shape index (κ2) is 7.32. The number of aryl methyl sites for hydroxylation is 1. The minimum Gasteiger partial charge on any atom is -0.485 e. The van der Waals surface area contributed by atoms with E-state index in [2.05, 4.69) is 15.0 Å². The van der Waals surface area contributed by atoms with E-state index in [-0.39, 0.29) is 11.5 Å². The van der Waals surface area contributed by atoms with Gasteiger partial charge in [0.15, 0.2) is 5.75 Å². The lowest BCUT2D eigenvalue weighted by Crippen LogP contribution is -2.13. The van der Waals surface area contributed by atoms with Crippen LogP contribution >= 0.6 is 11.3 Å². The molecule has 4 aromatic rings. The van der Waals surface area contributed by atoms with Crippen molar-refractivity contribution in [3.63, 3.8) is 0 Å². The highest BCUT2D eigenvalue weighted by molar-refractivity contribution is 7.19. The highest BCUT2D eigenvalue weighted by Crippen LogP contribution is 2.35. The minimum atomic E-state index is -0.619. The quantitative estimate of drug-likeness (QED) is 0.555. The number of aromatic nitrogens is 3. The smallest absolute Gasteiger partial charge is 0.267 e. The summed E-state index contributed by atoms with van der Waals surface area (Å²) in [7, 11) is 0. The number of benzene rings is 1. The van der Waals surface area contributed by atoms with Gasteiger partial charge in [0.05, 0.1) is 22.6 Å². The third-order valence-corrected chi connectivity index (χ3v) is 5.21. The van der Waals surface area contributed by atoms with Crippen molar-refractivity contribution >= 4 is 27.5 Å². The Kier molecular flexibility index (Phi) is 4.70. The summed E-state index contributed by atoms with van der Waals surface area (Å²) in [4.78, 5) is 25.1. The van der Waals surface area contributed by atoms with E-state index in [4.69, 9.17) is 10.5 Å². The molecule has 4 rings (SSSR count). The van der Waals surface area contributed by atoms with E-state index in [1.54, 1.807) is 37.5 Å². The lowest BCUT2D eigenvalue weighted by molar-refractivity contribution is 0.0996. The Hall–Kier alpha value is -3.39. The molecular formula is C20H15FN4O2S. The number of rotatable bonds is 5. The van der Waals surface area contributed by atoms with Crippen LogP contribution < -0.4 is 10.5 Å². The molecule has 6 nitrogen and oxygen atoms in total. The summed E-state index contributed by atoms with van der Waals surface area (Å²) in [5, 5.41) is 0. The predicted molar refractivity (Wildman–Crippen MR) is 105 cm³/mol. The van der Waals surface area contributed by atoms with E-state index in [1.807, 2.05) is 6.07 Å². The molecule has 3 aromatic heterocycles. The van der Waals surface area contributed by atoms with Gasteiger partial charge in [-0.15, -0.1) is 11.3 Å². The predicted octanol–water partition coefficient (Wildman–Crippen LogP) is 3.88. The highest BCUT2D eigenvalue weighted by Gasteiger charge is 2.15. The van der Waals surface area contributed by atoms with Crippen molar-refractivity contribution in [2.45, 2.75) is 13.5 Å². The average Bonchev–Trinajstić information content (AvgIpc) is 3.10. The molecule has 140 valence electrons. The van der Waals surface area contributed by atoms with Gasteiger partial charge in [-0.2, -0.15) is 0 Å². The van der Waals surface area contributed by atoms with Gasteiger partial charge < -0.3 is 10.5 Å². The van der Waals surface area contributed by atoms with Crippen LogP contribution in [0.2, 0.25) is 0 Å². The zero-order chi connectivity index (χ0) is 19.7. The lowest BCUT2D eigenvalue weighted by Gasteiger charge is -2.05. The number of nitrogens with zero attached hydrogens (tertiary/aromatic N) is 3. The van der Waals surface area contributed by atoms with Gasteiger partial charge in [0.2, 0.25) is 0 Å². The Balaban J connectivity index is 1.72. The molecule has 0 radical (unpaired) electrons. The zero-order valence-corrected chi connectivity index (χ0v) is 15.7. The largest absolute Gasteiger partial charge is 0.485 e. The molecule has 3 heterocycles. The van der Waals surface area contributed by atoms with Crippen molar-refractivity contribution in [2.24, 2.45) is 5.73 Å².